The van der Waals surface area contributed by atoms with Crippen LogP contribution in [0, 0.1) is 0 Å². The summed E-state index contributed by atoms with van der Waals surface area (Å²) < 4.78 is 37.3. The summed E-state index contributed by atoms with van der Waals surface area (Å²) in [4.78, 5) is 12.1. The third-order valence-electron chi connectivity index (χ3n) is 3.39. The predicted molar refractivity (Wildman–Crippen MR) is 65.5 cm³/mol. The van der Waals surface area contributed by atoms with Crippen molar-refractivity contribution in [1.29, 1.82) is 0 Å². The molecule has 2 N–H and O–H groups in total. The van der Waals surface area contributed by atoms with E-state index >= 15 is 0 Å². The molecule has 104 valence electrons. The molecule has 1 aromatic carbocycles. The van der Waals surface area contributed by atoms with Crippen molar-refractivity contribution in [2.24, 2.45) is 0 Å². The van der Waals surface area contributed by atoms with Gasteiger partial charge in [-0.05, 0) is 24.5 Å². The van der Waals surface area contributed by atoms with E-state index in [2.05, 4.69) is 0 Å². The van der Waals surface area contributed by atoms with Gasteiger partial charge in [0.1, 0.15) is 0 Å². The Morgan fingerprint density at radius 2 is 2.00 bits per heavy atom. The van der Waals surface area contributed by atoms with E-state index in [4.69, 9.17) is 5.73 Å². The lowest BCUT2D eigenvalue weighted by Crippen LogP contribution is -2.45. The van der Waals surface area contributed by atoms with Crippen molar-refractivity contribution in [2.45, 2.75) is 24.9 Å². The van der Waals surface area contributed by atoms with E-state index < -0.39 is 12.1 Å². The number of carbonyl (C=O) groups excluding carboxylic acids is 1. The van der Waals surface area contributed by atoms with Gasteiger partial charge in [-0.3, -0.25) is 4.79 Å². The fourth-order valence-corrected chi connectivity index (χ4v) is 2.48. The molecule has 1 amide bonds. The van der Waals surface area contributed by atoms with E-state index in [0.29, 0.717) is 12.1 Å². The summed E-state index contributed by atoms with van der Waals surface area (Å²) >= 11 is 0. The molecule has 0 aliphatic carbocycles. The smallest absolute Gasteiger partial charge is 0.398 e. The van der Waals surface area contributed by atoms with E-state index in [1.165, 1.54) is 0 Å². The van der Waals surface area contributed by atoms with Crippen LogP contribution in [0.4, 0.5) is 18.9 Å². The zero-order valence-corrected chi connectivity index (χ0v) is 10.3. The number of halogens is 3. The van der Waals surface area contributed by atoms with Crippen molar-refractivity contribution >= 4 is 11.6 Å². The first-order valence-corrected chi connectivity index (χ1v) is 6.10. The highest BCUT2D eigenvalue weighted by molar-refractivity contribution is 5.82. The molecular formula is C13H15F3N2O. The molecule has 1 aliphatic rings. The fourth-order valence-electron chi connectivity index (χ4n) is 2.48. The minimum atomic E-state index is -4.80. The van der Waals surface area contributed by atoms with Crippen LogP contribution in [0.5, 0.6) is 0 Å². The molecular weight excluding hydrogens is 257 g/mol. The standard InChI is InChI=1S/C13H15F3N2O/c14-13(15,16)12(19)18-7-3-4-9(8-18)10-5-1-2-6-11(10)17/h1-2,5-6,9H,3-4,7-8,17H2. The second-order valence-electron chi connectivity index (χ2n) is 4.72. The first-order valence-electron chi connectivity index (χ1n) is 6.10. The molecule has 0 radical (unpaired) electrons. The number of likely N-dealkylation sites (tertiary alicyclic amines) is 1. The maximum absolute atomic E-state index is 12.4. The Labute approximate surface area is 109 Å². The third kappa shape index (κ3) is 3.00. The molecule has 1 aromatic rings. The molecule has 1 unspecified atom stereocenters. The highest BCUT2D eigenvalue weighted by Crippen LogP contribution is 2.32. The summed E-state index contributed by atoms with van der Waals surface area (Å²) in [5.41, 5.74) is 7.22. The van der Waals surface area contributed by atoms with E-state index in [1.54, 1.807) is 18.2 Å². The summed E-state index contributed by atoms with van der Waals surface area (Å²) in [6, 6.07) is 7.11. The Morgan fingerprint density at radius 3 is 2.63 bits per heavy atom. The Balaban J connectivity index is 2.14. The van der Waals surface area contributed by atoms with Gasteiger partial charge in [0, 0.05) is 24.7 Å². The van der Waals surface area contributed by atoms with Crippen LogP contribution in [0.25, 0.3) is 0 Å². The lowest BCUT2D eigenvalue weighted by atomic mass is 9.89. The van der Waals surface area contributed by atoms with E-state index in [-0.39, 0.29) is 19.0 Å². The molecule has 1 atom stereocenters. The lowest BCUT2D eigenvalue weighted by Gasteiger charge is -2.33. The quantitative estimate of drug-likeness (QED) is 0.798. The van der Waals surface area contributed by atoms with Gasteiger partial charge < -0.3 is 10.6 Å². The Kier molecular flexibility index (Phi) is 3.68. The van der Waals surface area contributed by atoms with Gasteiger partial charge in [0.15, 0.2) is 0 Å². The Morgan fingerprint density at radius 1 is 1.32 bits per heavy atom. The van der Waals surface area contributed by atoms with Crippen LogP contribution in [0.15, 0.2) is 24.3 Å². The first-order chi connectivity index (χ1) is 8.89. The van der Waals surface area contributed by atoms with Gasteiger partial charge in [-0.15, -0.1) is 0 Å². The number of hydrogen-bond acceptors (Lipinski definition) is 2. The summed E-state index contributed by atoms with van der Waals surface area (Å²) in [6.07, 6.45) is -3.50. The highest BCUT2D eigenvalue weighted by Gasteiger charge is 2.43. The molecule has 0 bridgehead atoms. The molecule has 19 heavy (non-hydrogen) atoms. The monoisotopic (exact) mass is 272 g/mol. The van der Waals surface area contributed by atoms with Crippen LogP contribution in [-0.4, -0.2) is 30.1 Å². The number of alkyl halides is 3. The molecule has 1 heterocycles. The molecule has 0 aromatic heterocycles. The van der Waals surface area contributed by atoms with Crippen molar-refractivity contribution in [3.05, 3.63) is 29.8 Å². The van der Waals surface area contributed by atoms with Crippen LogP contribution in [0.1, 0.15) is 24.3 Å². The largest absolute Gasteiger partial charge is 0.471 e. The maximum atomic E-state index is 12.4. The minimum absolute atomic E-state index is 0.0759. The highest BCUT2D eigenvalue weighted by atomic mass is 19.4. The van der Waals surface area contributed by atoms with Gasteiger partial charge in [0.05, 0.1) is 0 Å². The molecule has 6 heteroatoms. The minimum Gasteiger partial charge on any atom is -0.398 e. The van der Waals surface area contributed by atoms with Crippen molar-refractivity contribution in [3.63, 3.8) is 0 Å². The first kappa shape index (κ1) is 13.7. The van der Waals surface area contributed by atoms with Crippen molar-refractivity contribution in [2.75, 3.05) is 18.8 Å². The number of nitrogens with zero attached hydrogens (tertiary/aromatic N) is 1. The summed E-state index contributed by atoms with van der Waals surface area (Å²) in [5.74, 6) is -1.88. The van der Waals surface area contributed by atoms with Crippen molar-refractivity contribution in [1.82, 2.24) is 4.90 Å². The predicted octanol–water partition coefficient (Wildman–Crippen LogP) is 2.54. The molecule has 1 aliphatic heterocycles. The Bertz CT molecular complexity index is 473. The summed E-state index contributed by atoms with van der Waals surface area (Å²) in [6.45, 7) is 0.230. The van der Waals surface area contributed by atoms with Crippen LogP contribution < -0.4 is 5.73 Å². The Hall–Kier alpha value is -1.72. The average molecular weight is 272 g/mol. The number of para-hydroxylation sites is 1. The molecule has 3 nitrogen and oxygen atoms in total. The molecule has 2 rings (SSSR count). The number of nitrogens with two attached hydrogens (primary N) is 1. The van der Waals surface area contributed by atoms with E-state index in [1.807, 2.05) is 6.07 Å². The number of anilines is 1. The molecule has 1 saturated heterocycles. The molecule has 0 spiro atoms. The van der Waals surface area contributed by atoms with Crippen LogP contribution in [0.2, 0.25) is 0 Å². The number of piperidine rings is 1. The number of nitrogen functional groups attached to an aromatic ring is 1. The fraction of sp³-hybridized carbons (Fsp3) is 0.462. The van der Waals surface area contributed by atoms with Gasteiger partial charge in [0.2, 0.25) is 0 Å². The summed E-state index contributed by atoms with van der Waals surface area (Å²) in [7, 11) is 0. The number of hydrogen-bond donors (Lipinski definition) is 1. The van der Waals surface area contributed by atoms with Crippen molar-refractivity contribution in [3.8, 4) is 0 Å². The van der Waals surface area contributed by atoms with E-state index in [0.717, 1.165) is 16.9 Å². The zero-order chi connectivity index (χ0) is 14.0. The maximum Gasteiger partial charge on any atom is 0.471 e. The number of carbonyl (C=O) groups is 1. The number of rotatable bonds is 1. The lowest BCUT2D eigenvalue weighted by molar-refractivity contribution is -0.186. The van der Waals surface area contributed by atoms with Crippen LogP contribution in [0.3, 0.4) is 0 Å². The zero-order valence-electron chi connectivity index (χ0n) is 10.3. The van der Waals surface area contributed by atoms with Gasteiger partial charge in [-0.2, -0.15) is 13.2 Å². The van der Waals surface area contributed by atoms with Crippen LogP contribution in [-0.2, 0) is 4.79 Å². The van der Waals surface area contributed by atoms with Gasteiger partial charge >= 0.3 is 12.1 Å². The topological polar surface area (TPSA) is 46.3 Å². The van der Waals surface area contributed by atoms with Gasteiger partial charge in [-0.1, -0.05) is 18.2 Å². The molecule has 0 saturated carbocycles. The summed E-state index contributed by atoms with van der Waals surface area (Å²) in [5, 5.41) is 0. The van der Waals surface area contributed by atoms with Gasteiger partial charge in [0.25, 0.3) is 0 Å². The average Bonchev–Trinajstić information content (AvgIpc) is 2.37. The number of benzene rings is 1. The van der Waals surface area contributed by atoms with Crippen LogP contribution >= 0.6 is 0 Å². The van der Waals surface area contributed by atoms with Gasteiger partial charge in [-0.25, -0.2) is 0 Å². The van der Waals surface area contributed by atoms with E-state index in [9.17, 15) is 18.0 Å². The number of amides is 1. The second-order valence-corrected chi connectivity index (χ2v) is 4.72. The normalized spacial score (nSPS) is 20.4. The third-order valence-corrected chi connectivity index (χ3v) is 3.39. The molecule has 1 fully saturated rings. The second kappa shape index (κ2) is 5.11. The van der Waals surface area contributed by atoms with Crippen molar-refractivity contribution < 1.29 is 18.0 Å². The SMILES string of the molecule is Nc1ccccc1C1CCCN(C(=O)C(F)(F)F)C1.